The van der Waals surface area contributed by atoms with Gasteiger partial charge in [0, 0.05) is 31.5 Å². The maximum atomic E-state index is 12.6. The Labute approximate surface area is 192 Å². The van der Waals surface area contributed by atoms with Crippen molar-refractivity contribution in [3.63, 3.8) is 0 Å². The fourth-order valence-corrected chi connectivity index (χ4v) is 5.55. The van der Waals surface area contributed by atoms with Crippen LogP contribution in [0.25, 0.3) is 11.1 Å². The number of benzene rings is 2. The number of carbonyl (C=O) groups is 3. The van der Waals surface area contributed by atoms with Crippen LogP contribution in [0.1, 0.15) is 30.4 Å². The number of aliphatic carboxylic acids is 1. The van der Waals surface area contributed by atoms with Crippen molar-refractivity contribution in [1.82, 2.24) is 10.2 Å². The number of fused-ring (bicyclic) bond motifs is 4. The minimum absolute atomic E-state index is 0.0138. The second-order valence-electron chi connectivity index (χ2n) is 9.38. The molecule has 1 saturated carbocycles. The molecule has 0 bridgehead atoms. The number of hydrogen-bond donors (Lipinski definition) is 2. The normalized spacial score (nSPS) is 23.3. The molecule has 1 heterocycles. The number of piperidine rings is 1. The van der Waals surface area contributed by atoms with Gasteiger partial charge in [-0.05, 0) is 40.5 Å². The fourth-order valence-electron chi connectivity index (χ4n) is 5.55. The Morgan fingerprint density at radius 3 is 2.18 bits per heavy atom. The number of alkyl carbamates (subject to hydrolysis) is 1. The number of ether oxygens (including phenoxy) is 1. The summed E-state index contributed by atoms with van der Waals surface area (Å²) in [4.78, 5) is 37.8. The van der Waals surface area contributed by atoms with Gasteiger partial charge in [-0.15, -0.1) is 0 Å². The monoisotopic (exact) mass is 448 g/mol. The van der Waals surface area contributed by atoms with Crippen LogP contribution in [0, 0.1) is 23.7 Å². The largest absolute Gasteiger partial charge is 0.481 e. The third-order valence-corrected chi connectivity index (χ3v) is 7.40. The van der Waals surface area contributed by atoms with Gasteiger partial charge in [0.05, 0.1) is 5.92 Å². The molecule has 3 aliphatic rings. The Balaban J connectivity index is 1.07. The van der Waals surface area contributed by atoms with Crippen molar-refractivity contribution in [2.75, 3.05) is 26.2 Å². The van der Waals surface area contributed by atoms with Crippen LogP contribution in [-0.4, -0.2) is 54.2 Å². The molecule has 2 aromatic carbocycles. The van der Waals surface area contributed by atoms with Crippen LogP contribution in [-0.2, 0) is 14.3 Å². The lowest BCUT2D eigenvalue weighted by Crippen LogP contribution is -2.37. The van der Waals surface area contributed by atoms with Crippen LogP contribution >= 0.6 is 0 Å². The van der Waals surface area contributed by atoms with Gasteiger partial charge in [-0.2, -0.15) is 0 Å². The van der Waals surface area contributed by atoms with Crippen LogP contribution in [0.15, 0.2) is 48.5 Å². The van der Waals surface area contributed by atoms with Gasteiger partial charge in [0.1, 0.15) is 6.61 Å². The summed E-state index contributed by atoms with van der Waals surface area (Å²) in [5.74, 6) is -1.01. The molecule has 7 heteroatoms. The Kier molecular flexibility index (Phi) is 5.56. The molecule has 0 radical (unpaired) electrons. The highest BCUT2D eigenvalue weighted by Crippen LogP contribution is 2.52. The number of nitrogens with one attached hydrogen (secondary N) is 1. The maximum Gasteiger partial charge on any atom is 0.407 e. The molecule has 7 nitrogen and oxygen atoms in total. The molecular formula is C26H28N2O5. The predicted octanol–water partition coefficient (Wildman–Crippen LogP) is 3.34. The van der Waals surface area contributed by atoms with Crippen molar-refractivity contribution in [1.29, 1.82) is 0 Å². The lowest BCUT2D eigenvalue weighted by Gasteiger charge is -2.23. The van der Waals surface area contributed by atoms with Crippen LogP contribution in [0.3, 0.4) is 0 Å². The molecule has 0 spiro atoms. The number of rotatable bonds is 7. The molecule has 1 saturated heterocycles. The zero-order chi connectivity index (χ0) is 23.1. The van der Waals surface area contributed by atoms with E-state index in [1.165, 1.54) is 22.3 Å². The van der Waals surface area contributed by atoms with Crippen molar-refractivity contribution in [2.45, 2.75) is 19.3 Å². The molecule has 0 aromatic heterocycles. The molecule has 2 amide bonds. The van der Waals surface area contributed by atoms with E-state index in [0.717, 1.165) is 0 Å². The first-order chi connectivity index (χ1) is 16.0. The van der Waals surface area contributed by atoms with Crippen LogP contribution < -0.4 is 5.32 Å². The number of hydrogen-bond acceptors (Lipinski definition) is 4. The molecule has 3 unspecified atom stereocenters. The topological polar surface area (TPSA) is 95.9 Å². The van der Waals surface area contributed by atoms with Crippen LogP contribution in [0.2, 0.25) is 0 Å². The number of carboxylic acid groups (broad SMARTS) is 1. The van der Waals surface area contributed by atoms with Gasteiger partial charge in [-0.3, -0.25) is 9.59 Å². The maximum absolute atomic E-state index is 12.6. The van der Waals surface area contributed by atoms with E-state index in [-0.39, 0.29) is 42.1 Å². The lowest BCUT2D eigenvalue weighted by atomic mass is 9.98. The second-order valence-corrected chi connectivity index (χ2v) is 9.38. The Hall–Kier alpha value is -3.35. The molecule has 3 atom stereocenters. The van der Waals surface area contributed by atoms with E-state index in [9.17, 15) is 14.4 Å². The first-order valence-corrected chi connectivity index (χ1v) is 11.6. The van der Waals surface area contributed by atoms with Gasteiger partial charge in [0.2, 0.25) is 5.91 Å². The van der Waals surface area contributed by atoms with E-state index in [1.807, 2.05) is 31.2 Å². The molecule has 5 rings (SSSR count). The summed E-state index contributed by atoms with van der Waals surface area (Å²) in [5.41, 5.74) is 4.70. The van der Waals surface area contributed by atoms with E-state index in [2.05, 4.69) is 29.6 Å². The lowest BCUT2D eigenvalue weighted by molar-refractivity contribution is -0.141. The fraction of sp³-hybridized carbons (Fsp3) is 0.423. The van der Waals surface area contributed by atoms with Gasteiger partial charge in [0.15, 0.2) is 0 Å². The summed E-state index contributed by atoms with van der Waals surface area (Å²) < 4.78 is 5.53. The Morgan fingerprint density at radius 2 is 1.61 bits per heavy atom. The highest BCUT2D eigenvalue weighted by Gasteiger charge is 2.60. The molecular weight excluding hydrogens is 420 g/mol. The van der Waals surface area contributed by atoms with Gasteiger partial charge < -0.3 is 20.1 Å². The zero-order valence-electron chi connectivity index (χ0n) is 18.6. The molecule has 1 aliphatic heterocycles. The number of likely N-dealkylation sites (tertiary alicyclic amines) is 1. The minimum Gasteiger partial charge on any atom is -0.481 e. The van der Waals surface area contributed by atoms with E-state index in [0.29, 0.717) is 26.1 Å². The average molecular weight is 449 g/mol. The highest BCUT2D eigenvalue weighted by molar-refractivity contribution is 5.81. The van der Waals surface area contributed by atoms with Gasteiger partial charge in [-0.1, -0.05) is 55.5 Å². The van der Waals surface area contributed by atoms with Crippen LogP contribution in [0.4, 0.5) is 4.79 Å². The number of carbonyl (C=O) groups excluding carboxylic acids is 2. The second kappa shape index (κ2) is 8.54. The van der Waals surface area contributed by atoms with Gasteiger partial charge in [-0.25, -0.2) is 4.79 Å². The third-order valence-electron chi connectivity index (χ3n) is 7.40. The highest BCUT2D eigenvalue weighted by atomic mass is 16.5. The molecule has 2 N–H and O–H groups in total. The summed E-state index contributed by atoms with van der Waals surface area (Å²) in [7, 11) is 0. The standard InChI is InChI=1S/C26H28N2O5/c1-15(24(29)28-12-20-21(13-28)23(20)25(30)31)10-11-27-26(32)33-14-22-18-8-4-2-6-16(18)17-7-3-5-9-19(17)22/h2-9,15,20-23H,10-14H2,1H3,(H,27,32)(H,30,31). The summed E-state index contributed by atoms with van der Waals surface area (Å²) in [6.45, 7) is 3.52. The van der Waals surface area contributed by atoms with Gasteiger partial charge in [0.25, 0.3) is 0 Å². The quantitative estimate of drug-likeness (QED) is 0.677. The minimum atomic E-state index is -0.752. The SMILES string of the molecule is CC(CCNC(=O)OCC1c2ccccc2-c2ccccc21)C(=O)N1CC2C(C1)C2C(=O)O. The summed E-state index contributed by atoms with van der Waals surface area (Å²) in [5, 5.41) is 11.9. The van der Waals surface area contributed by atoms with E-state index < -0.39 is 12.1 Å². The zero-order valence-corrected chi connectivity index (χ0v) is 18.6. The molecule has 2 fully saturated rings. The van der Waals surface area contributed by atoms with Crippen molar-refractivity contribution in [3.05, 3.63) is 59.7 Å². The smallest absolute Gasteiger partial charge is 0.407 e. The van der Waals surface area contributed by atoms with E-state index in [1.54, 1.807) is 4.90 Å². The third kappa shape index (κ3) is 3.96. The predicted molar refractivity (Wildman–Crippen MR) is 122 cm³/mol. The first kappa shape index (κ1) is 21.5. The Morgan fingerprint density at radius 1 is 1.03 bits per heavy atom. The van der Waals surface area contributed by atoms with Crippen molar-refractivity contribution < 1.29 is 24.2 Å². The number of carboxylic acids is 1. The molecule has 172 valence electrons. The van der Waals surface area contributed by atoms with E-state index in [4.69, 9.17) is 9.84 Å². The molecule has 33 heavy (non-hydrogen) atoms. The summed E-state index contributed by atoms with van der Waals surface area (Å²) in [6, 6.07) is 16.4. The van der Waals surface area contributed by atoms with Crippen LogP contribution in [0.5, 0.6) is 0 Å². The van der Waals surface area contributed by atoms with Crippen molar-refractivity contribution >= 4 is 18.0 Å². The van der Waals surface area contributed by atoms with Crippen molar-refractivity contribution in [3.8, 4) is 11.1 Å². The van der Waals surface area contributed by atoms with Crippen molar-refractivity contribution in [2.24, 2.45) is 23.7 Å². The van der Waals surface area contributed by atoms with Gasteiger partial charge >= 0.3 is 12.1 Å². The van der Waals surface area contributed by atoms with E-state index >= 15 is 0 Å². The summed E-state index contributed by atoms with van der Waals surface area (Å²) in [6.07, 6.45) is 0.0280. The molecule has 2 aliphatic carbocycles. The Bertz CT molecular complexity index is 1040. The number of nitrogens with zero attached hydrogens (tertiary/aromatic N) is 1. The number of amides is 2. The first-order valence-electron chi connectivity index (χ1n) is 11.6. The molecule has 2 aromatic rings. The summed E-state index contributed by atoms with van der Waals surface area (Å²) >= 11 is 0. The average Bonchev–Trinajstić information content (AvgIpc) is 3.17.